The first-order valence-corrected chi connectivity index (χ1v) is 5.34. The summed E-state index contributed by atoms with van der Waals surface area (Å²) in [5.41, 5.74) is 5.81. The van der Waals surface area contributed by atoms with Gasteiger partial charge in [-0.1, -0.05) is 0 Å². The van der Waals surface area contributed by atoms with Gasteiger partial charge in [-0.05, 0) is 0 Å². The molecule has 1 fully saturated rings. The molecule has 7 nitrogen and oxygen atoms in total. The number of nitrogens with one attached hydrogen (secondary N) is 1. The maximum absolute atomic E-state index is 9.30. The molecular weight excluding hydrogens is 222 g/mol. The number of morpholine rings is 1. The summed E-state index contributed by atoms with van der Waals surface area (Å²) in [5.74, 6) is 0.402. The Bertz CT molecular complexity index is 411. The van der Waals surface area contributed by atoms with Crippen LogP contribution < -0.4 is 10.6 Å². The van der Waals surface area contributed by atoms with Crippen LogP contribution in [0.5, 0.6) is 0 Å². The summed E-state index contributed by atoms with van der Waals surface area (Å²) in [5, 5.41) is 16.8. The van der Waals surface area contributed by atoms with E-state index in [4.69, 9.17) is 15.9 Å². The number of nitrogen functional groups attached to an aromatic ring is 1. The molecule has 1 saturated heterocycles. The van der Waals surface area contributed by atoms with Gasteiger partial charge >= 0.3 is 0 Å². The second-order valence-corrected chi connectivity index (χ2v) is 3.75. The van der Waals surface area contributed by atoms with E-state index in [0.717, 1.165) is 0 Å². The van der Waals surface area contributed by atoms with Crippen molar-refractivity contribution >= 4 is 11.7 Å². The molecule has 0 aromatic carbocycles. The lowest BCUT2D eigenvalue weighted by molar-refractivity contribution is 0.0722. The predicted octanol–water partition coefficient (Wildman–Crippen LogP) is -1.04. The molecule has 1 atom stereocenters. The zero-order valence-corrected chi connectivity index (χ0v) is 9.33. The van der Waals surface area contributed by atoms with Crippen molar-refractivity contribution in [3.05, 3.63) is 18.1 Å². The van der Waals surface area contributed by atoms with Gasteiger partial charge in [-0.15, -0.1) is 0 Å². The molecule has 1 aromatic heterocycles. The minimum Gasteiger partial charge on any atom is -0.394 e. The van der Waals surface area contributed by atoms with E-state index in [1.165, 1.54) is 6.20 Å². The first-order valence-electron chi connectivity index (χ1n) is 5.34. The SMILES string of the molecule is N=C(N)c1nccnc1N1CCOCC1CO. The van der Waals surface area contributed by atoms with Crippen LogP contribution in [-0.4, -0.2) is 53.3 Å². The molecule has 2 heterocycles. The number of hydrogen-bond donors (Lipinski definition) is 3. The van der Waals surface area contributed by atoms with Gasteiger partial charge in [-0.3, -0.25) is 5.41 Å². The summed E-state index contributed by atoms with van der Waals surface area (Å²) in [7, 11) is 0. The van der Waals surface area contributed by atoms with Gasteiger partial charge in [0.05, 0.1) is 25.9 Å². The number of rotatable bonds is 3. The Balaban J connectivity index is 2.34. The number of hydrogen-bond acceptors (Lipinski definition) is 6. The van der Waals surface area contributed by atoms with E-state index in [9.17, 15) is 5.11 Å². The molecule has 1 unspecified atom stereocenters. The Morgan fingerprint density at radius 1 is 1.59 bits per heavy atom. The molecule has 0 aliphatic carbocycles. The van der Waals surface area contributed by atoms with Crippen molar-refractivity contribution in [2.75, 3.05) is 31.3 Å². The van der Waals surface area contributed by atoms with E-state index in [0.29, 0.717) is 31.3 Å². The summed E-state index contributed by atoms with van der Waals surface area (Å²) in [6.07, 6.45) is 3.04. The van der Waals surface area contributed by atoms with Gasteiger partial charge in [0.25, 0.3) is 0 Å². The van der Waals surface area contributed by atoms with Crippen molar-refractivity contribution in [3.8, 4) is 0 Å². The standard InChI is InChI=1S/C10H15N5O2/c11-9(12)8-10(14-2-1-13-8)15-3-4-17-6-7(15)5-16/h1-2,7,16H,3-6H2,(H3,11,12). The molecule has 1 aliphatic rings. The molecule has 0 saturated carbocycles. The van der Waals surface area contributed by atoms with E-state index in [-0.39, 0.29) is 18.5 Å². The molecule has 4 N–H and O–H groups in total. The Hall–Kier alpha value is -1.73. The Morgan fingerprint density at radius 2 is 2.35 bits per heavy atom. The number of nitrogens with two attached hydrogens (primary N) is 1. The lowest BCUT2D eigenvalue weighted by Crippen LogP contribution is -2.48. The van der Waals surface area contributed by atoms with E-state index < -0.39 is 0 Å². The van der Waals surface area contributed by atoms with Crippen molar-refractivity contribution in [3.63, 3.8) is 0 Å². The first kappa shape index (κ1) is 11.7. The van der Waals surface area contributed by atoms with Gasteiger partial charge in [0.15, 0.2) is 5.82 Å². The van der Waals surface area contributed by atoms with Gasteiger partial charge in [-0.25, -0.2) is 9.97 Å². The normalized spacial score (nSPS) is 20.3. The van der Waals surface area contributed by atoms with Crippen LogP contribution in [0.4, 0.5) is 5.82 Å². The van der Waals surface area contributed by atoms with Gasteiger partial charge in [0.1, 0.15) is 11.5 Å². The molecule has 7 heteroatoms. The molecule has 17 heavy (non-hydrogen) atoms. The summed E-state index contributed by atoms with van der Waals surface area (Å²) < 4.78 is 5.29. The smallest absolute Gasteiger partial charge is 0.158 e. The number of amidine groups is 1. The quantitative estimate of drug-likeness (QED) is 0.457. The number of nitrogens with zero attached hydrogens (tertiary/aromatic N) is 3. The molecule has 0 spiro atoms. The van der Waals surface area contributed by atoms with E-state index in [1.54, 1.807) is 6.20 Å². The maximum Gasteiger partial charge on any atom is 0.158 e. The third-order valence-electron chi connectivity index (χ3n) is 2.64. The highest BCUT2D eigenvalue weighted by molar-refractivity contribution is 5.97. The van der Waals surface area contributed by atoms with Crippen LogP contribution in [0.2, 0.25) is 0 Å². The zero-order chi connectivity index (χ0) is 12.3. The van der Waals surface area contributed by atoms with Crippen LogP contribution in [0, 0.1) is 5.41 Å². The summed E-state index contributed by atoms with van der Waals surface area (Å²) in [6.45, 7) is 1.56. The molecule has 0 amide bonds. The molecular formula is C10H15N5O2. The number of aromatic nitrogens is 2. The van der Waals surface area contributed by atoms with Gasteiger partial charge in [-0.2, -0.15) is 0 Å². The Labute approximate surface area is 98.7 Å². The predicted molar refractivity (Wildman–Crippen MR) is 62.1 cm³/mol. The van der Waals surface area contributed by atoms with Crippen LogP contribution in [-0.2, 0) is 4.74 Å². The van der Waals surface area contributed by atoms with E-state index >= 15 is 0 Å². The molecule has 2 rings (SSSR count). The maximum atomic E-state index is 9.30. The van der Waals surface area contributed by atoms with Crippen molar-refractivity contribution in [2.24, 2.45) is 5.73 Å². The van der Waals surface area contributed by atoms with Crippen LogP contribution in [0.3, 0.4) is 0 Å². The number of ether oxygens (including phenoxy) is 1. The third-order valence-corrected chi connectivity index (χ3v) is 2.64. The molecule has 1 aromatic rings. The first-order chi connectivity index (χ1) is 8.24. The van der Waals surface area contributed by atoms with Crippen molar-refractivity contribution in [2.45, 2.75) is 6.04 Å². The second kappa shape index (κ2) is 5.07. The van der Waals surface area contributed by atoms with E-state index in [2.05, 4.69) is 9.97 Å². The fourth-order valence-electron chi connectivity index (χ4n) is 1.82. The molecule has 0 bridgehead atoms. The fraction of sp³-hybridized carbons (Fsp3) is 0.500. The highest BCUT2D eigenvalue weighted by Gasteiger charge is 2.26. The minimum atomic E-state index is -0.168. The number of aliphatic hydroxyl groups excluding tert-OH is 1. The summed E-state index contributed by atoms with van der Waals surface area (Å²) in [4.78, 5) is 10.1. The molecule has 92 valence electrons. The number of anilines is 1. The average Bonchev–Trinajstić information content (AvgIpc) is 2.38. The fourth-order valence-corrected chi connectivity index (χ4v) is 1.82. The lowest BCUT2D eigenvalue weighted by atomic mass is 10.2. The second-order valence-electron chi connectivity index (χ2n) is 3.75. The zero-order valence-electron chi connectivity index (χ0n) is 9.33. The van der Waals surface area contributed by atoms with Crippen LogP contribution >= 0.6 is 0 Å². The van der Waals surface area contributed by atoms with E-state index in [1.807, 2.05) is 4.90 Å². The largest absolute Gasteiger partial charge is 0.394 e. The Kier molecular flexibility index (Phi) is 3.50. The summed E-state index contributed by atoms with van der Waals surface area (Å²) in [6, 6.07) is -0.168. The summed E-state index contributed by atoms with van der Waals surface area (Å²) >= 11 is 0. The average molecular weight is 237 g/mol. The van der Waals surface area contributed by atoms with Crippen LogP contribution in [0.1, 0.15) is 5.69 Å². The number of aliphatic hydroxyl groups is 1. The highest BCUT2D eigenvalue weighted by atomic mass is 16.5. The molecule has 0 radical (unpaired) electrons. The topological polar surface area (TPSA) is 108 Å². The van der Waals surface area contributed by atoms with Crippen LogP contribution in [0.15, 0.2) is 12.4 Å². The molecule has 1 aliphatic heterocycles. The Morgan fingerprint density at radius 3 is 3.06 bits per heavy atom. The lowest BCUT2D eigenvalue weighted by Gasteiger charge is -2.35. The van der Waals surface area contributed by atoms with Gasteiger partial charge < -0.3 is 20.5 Å². The van der Waals surface area contributed by atoms with Crippen molar-refractivity contribution in [1.29, 1.82) is 5.41 Å². The monoisotopic (exact) mass is 237 g/mol. The van der Waals surface area contributed by atoms with Gasteiger partial charge in [0.2, 0.25) is 0 Å². The van der Waals surface area contributed by atoms with Crippen molar-refractivity contribution < 1.29 is 9.84 Å². The van der Waals surface area contributed by atoms with Crippen molar-refractivity contribution in [1.82, 2.24) is 9.97 Å². The van der Waals surface area contributed by atoms with Gasteiger partial charge in [0, 0.05) is 18.9 Å². The highest BCUT2D eigenvalue weighted by Crippen LogP contribution is 2.19. The third kappa shape index (κ3) is 2.34. The van der Waals surface area contributed by atoms with Crippen LogP contribution in [0.25, 0.3) is 0 Å². The minimum absolute atomic E-state index is 0.0338.